The van der Waals surface area contributed by atoms with E-state index in [2.05, 4.69) is 0 Å². The van der Waals surface area contributed by atoms with E-state index in [0.717, 1.165) is 0 Å². The van der Waals surface area contributed by atoms with Crippen molar-refractivity contribution >= 4 is 19.7 Å². The van der Waals surface area contributed by atoms with Gasteiger partial charge >= 0.3 is 0 Å². The first kappa shape index (κ1) is 12.4. The predicted octanol–water partition coefficient (Wildman–Crippen LogP) is 2.08. The molecule has 0 aliphatic rings. The Balaban J connectivity index is 2.88. The standard InChI is InChI=1S/C9H10ClFO3S/c1-14-9(6-15(10,12)13)7-2-4-8(11)5-3-7/h2-5,9H,6H2,1H3/t9-/m1/s1. The van der Waals surface area contributed by atoms with Gasteiger partial charge in [0.05, 0.1) is 11.9 Å². The highest BCUT2D eigenvalue weighted by atomic mass is 35.7. The highest BCUT2D eigenvalue weighted by molar-refractivity contribution is 8.13. The van der Waals surface area contributed by atoms with Gasteiger partial charge in [-0.2, -0.15) is 0 Å². The van der Waals surface area contributed by atoms with Crippen LogP contribution >= 0.6 is 10.7 Å². The van der Waals surface area contributed by atoms with Crippen molar-refractivity contribution < 1.29 is 17.5 Å². The maximum atomic E-state index is 12.6. The molecule has 1 aromatic rings. The van der Waals surface area contributed by atoms with E-state index in [1.165, 1.54) is 31.4 Å². The van der Waals surface area contributed by atoms with Crippen LogP contribution in [0.15, 0.2) is 24.3 Å². The molecule has 6 heteroatoms. The van der Waals surface area contributed by atoms with Crippen LogP contribution in [0.5, 0.6) is 0 Å². The van der Waals surface area contributed by atoms with E-state index in [0.29, 0.717) is 5.56 Å². The minimum atomic E-state index is -3.64. The van der Waals surface area contributed by atoms with Crippen LogP contribution in [0.4, 0.5) is 4.39 Å². The molecule has 1 atom stereocenters. The first-order valence-electron chi connectivity index (χ1n) is 4.13. The topological polar surface area (TPSA) is 43.4 Å². The van der Waals surface area contributed by atoms with Gasteiger partial charge in [-0.1, -0.05) is 12.1 Å². The number of ether oxygens (including phenoxy) is 1. The second-order valence-corrected chi connectivity index (χ2v) is 5.80. The lowest BCUT2D eigenvalue weighted by Crippen LogP contribution is -2.12. The van der Waals surface area contributed by atoms with Crippen LogP contribution in [0, 0.1) is 5.82 Å². The lowest BCUT2D eigenvalue weighted by molar-refractivity contribution is 0.122. The van der Waals surface area contributed by atoms with E-state index in [9.17, 15) is 12.8 Å². The molecule has 0 heterocycles. The summed E-state index contributed by atoms with van der Waals surface area (Å²) in [6.07, 6.45) is -0.673. The number of hydrogen-bond donors (Lipinski definition) is 0. The van der Waals surface area contributed by atoms with Crippen LogP contribution in [0.25, 0.3) is 0 Å². The van der Waals surface area contributed by atoms with Gasteiger partial charge in [-0.05, 0) is 17.7 Å². The number of halogens is 2. The molecule has 0 aromatic heterocycles. The van der Waals surface area contributed by atoms with Crippen molar-refractivity contribution in [1.29, 1.82) is 0 Å². The minimum absolute atomic E-state index is 0.337. The molecule has 0 aliphatic carbocycles. The molecular formula is C9H10ClFO3S. The van der Waals surface area contributed by atoms with Gasteiger partial charge in [0.1, 0.15) is 5.82 Å². The molecule has 0 saturated heterocycles. The Labute approximate surface area is 92.2 Å². The summed E-state index contributed by atoms with van der Waals surface area (Å²) in [4.78, 5) is 0. The SMILES string of the molecule is CO[C@H](CS(=O)(=O)Cl)c1ccc(F)cc1. The van der Waals surface area contributed by atoms with Crippen molar-refractivity contribution in [2.24, 2.45) is 0 Å². The molecule has 84 valence electrons. The monoisotopic (exact) mass is 252 g/mol. The second-order valence-electron chi connectivity index (χ2n) is 2.98. The molecule has 0 bridgehead atoms. The van der Waals surface area contributed by atoms with Crippen LogP contribution in [0.1, 0.15) is 11.7 Å². The van der Waals surface area contributed by atoms with Crippen molar-refractivity contribution in [1.82, 2.24) is 0 Å². The normalized spacial score (nSPS) is 13.8. The number of benzene rings is 1. The maximum absolute atomic E-state index is 12.6. The predicted molar refractivity (Wildman–Crippen MR) is 55.8 cm³/mol. The summed E-state index contributed by atoms with van der Waals surface area (Å²) in [5, 5.41) is 0. The third-order valence-corrected chi connectivity index (χ3v) is 2.96. The van der Waals surface area contributed by atoms with Crippen molar-refractivity contribution in [2.75, 3.05) is 12.9 Å². The molecule has 1 aromatic carbocycles. The van der Waals surface area contributed by atoms with Gasteiger partial charge in [0, 0.05) is 17.8 Å². The summed E-state index contributed by atoms with van der Waals surface area (Å²) in [6, 6.07) is 5.40. The number of rotatable bonds is 4. The third-order valence-electron chi connectivity index (χ3n) is 1.88. The fraction of sp³-hybridized carbons (Fsp3) is 0.333. The van der Waals surface area contributed by atoms with Gasteiger partial charge in [-0.15, -0.1) is 0 Å². The van der Waals surface area contributed by atoms with E-state index in [4.69, 9.17) is 15.4 Å². The van der Waals surface area contributed by atoms with Crippen LogP contribution in [0.3, 0.4) is 0 Å². The molecule has 0 unspecified atom stereocenters. The molecule has 1 rings (SSSR count). The summed E-state index contributed by atoms with van der Waals surface area (Å²) in [6.45, 7) is 0. The van der Waals surface area contributed by atoms with Crippen molar-refractivity contribution in [3.63, 3.8) is 0 Å². The zero-order chi connectivity index (χ0) is 11.5. The summed E-state index contributed by atoms with van der Waals surface area (Å²) in [7, 11) is 2.84. The Hall–Kier alpha value is -0.650. The van der Waals surface area contributed by atoms with Gasteiger partial charge in [-0.3, -0.25) is 0 Å². The van der Waals surface area contributed by atoms with Gasteiger partial charge in [0.2, 0.25) is 9.05 Å². The highest BCUT2D eigenvalue weighted by Crippen LogP contribution is 2.20. The first-order valence-corrected chi connectivity index (χ1v) is 6.61. The summed E-state index contributed by atoms with van der Waals surface area (Å²) in [5.41, 5.74) is 0.572. The Morgan fingerprint density at radius 2 is 1.93 bits per heavy atom. The fourth-order valence-corrected chi connectivity index (χ4v) is 2.19. The minimum Gasteiger partial charge on any atom is -0.376 e. The molecule has 0 amide bonds. The van der Waals surface area contributed by atoms with Gasteiger partial charge in [0.15, 0.2) is 0 Å². The van der Waals surface area contributed by atoms with E-state index in [1.54, 1.807) is 0 Å². The lowest BCUT2D eigenvalue weighted by atomic mass is 10.1. The average Bonchev–Trinajstić information content (AvgIpc) is 2.14. The smallest absolute Gasteiger partial charge is 0.235 e. The number of methoxy groups -OCH3 is 1. The summed E-state index contributed by atoms with van der Waals surface area (Å²) >= 11 is 0. The summed E-state index contributed by atoms with van der Waals surface area (Å²) < 4.78 is 39.3. The summed E-state index contributed by atoms with van der Waals surface area (Å²) in [5.74, 6) is -0.723. The van der Waals surface area contributed by atoms with Gasteiger partial charge in [-0.25, -0.2) is 12.8 Å². The van der Waals surface area contributed by atoms with Crippen LogP contribution < -0.4 is 0 Å². The van der Waals surface area contributed by atoms with E-state index >= 15 is 0 Å². The zero-order valence-electron chi connectivity index (χ0n) is 7.98. The quantitative estimate of drug-likeness (QED) is 0.771. The molecular weight excluding hydrogens is 243 g/mol. The Morgan fingerprint density at radius 1 is 1.40 bits per heavy atom. The zero-order valence-corrected chi connectivity index (χ0v) is 9.56. The molecule has 3 nitrogen and oxygen atoms in total. The van der Waals surface area contributed by atoms with Crippen LogP contribution in [-0.4, -0.2) is 21.3 Å². The van der Waals surface area contributed by atoms with Crippen molar-refractivity contribution in [3.8, 4) is 0 Å². The van der Waals surface area contributed by atoms with Gasteiger partial charge in [0.25, 0.3) is 0 Å². The molecule has 0 spiro atoms. The maximum Gasteiger partial charge on any atom is 0.235 e. The largest absolute Gasteiger partial charge is 0.376 e. The van der Waals surface area contributed by atoms with E-state index in [-0.39, 0.29) is 11.6 Å². The molecule has 0 aliphatic heterocycles. The Bertz CT molecular complexity index is 415. The van der Waals surface area contributed by atoms with Crippen molar-refractivity contribution in [3.05, 3.63) is 35.6 Å². The number of hydrogen-bond acceptors (Lipinski definition) is 3. The fourth-order valence-electron chi connectivity index (χ4n) is 1.16. The highest BCUT2D eigenvalue weighted by Gasteiger charge is 2.18. The molecule has 0 saturated carbocycles. The molecule has 0 N–H and O–H groups in total. The first-order chi connectivity index (χ1) is 6.92. The third kappa shape index (κ3) is 4.15. The van der Waals surface area contributed by atoms with Crippen LogP contribution in [-0.2, 0) is 13.8 Å². The molecule has 15 heavy (non-hydrogen) atoms. The van der Waals surface area contributed by atoms with E-state index in [1.807, 2.05) is 0 Å². The molecule has 0 radical (unpaired) electrons. The van der Waals surface area contributed by atoms with E-state index < -0.39 is 15.2 Å². The average molecular weight is 253 g/mol. The Morgan fingerprint density at radius 3 is 2.33 bits per heavy atom. The second kappa shape index (κ2) is 4.92. The Kier molecular flexibility index (Phi) is 4.07. The van der Waals surface area contributed by atoms with Gasteiger partial charge < -0.3 is 4.74 Å². The molecule has 0 fully saturated rings. The van der Waals surface area contributed by atoms with Crippen molar-refractivity contribution in [2.45, 2.75) is 6.10 Å². The lowest BCUT2D eigenvalue weighted by Gasteiger charge is -2.13. The van der Waals surface area contributed by atoms with Crippen LogP contribution in [0.2, 0.25) is 0 Å².